The van der Waals surface area contributed by atoms with Crippen molar-refractivity contribution in [2.45, 2.75) is 27.2 Å². The number of para-hydroxylation sites is 1. The number of rotatable bonds is 9. The summed E-state index contributed by atoms with van der Waals surface area (Å²) in [6, 6.07) is 11.8. The molecule has 8 heteroatoms. The van der Waals surface area contributed by atoms with Gasteiger partial charge in [0.25, 0.3) is 5.91 Å². The summed E-state index contributed by atoms with van der Waals surface area (Å²) >= 11 is 0. The van der Waals surface area contributed by atoms with Gasteiger partial charge >= 0.3 is 5.69 Å². The third-order valence-electron chi connectivity index (χ3n) is 4.26. The number of nitrogens with zero attached hydrogens (tertiary/aromatic N) is 2. The SMILES string of the molecule is CCCN(CC(=O)Nc1ccccc1C)C(=O)COc1cc(C)ccc1[N+](=O)[O-]. The maximum absolute atomic E-state index is 12.6. The third kappa shape index (κ3) is 6.31. The number of nitro groups is 1. The highest BCUT2D eigenvalue weighted by Crippen LogP contribution is 2.27. The molecule has 8 nitrogen and oxygen atoms in total. The van der Waals surface area contributed by atoms with Gasteiger partial charge in [-0.05, 0) is 43.5 Å². The Morgan fingerprint density at radius 3 is 2.55 bits per heavy atom. The fraction of sp³-hybridized carbons (Fsp3) is 0.333. The molecule has 154 valence electrons. The molecular weight excluding hydrogens is 374 g/mol. The van der Waals surface area contributed by atoms with E-state index in [0.29, 0.717) is 18.7 Å². The highest BCUT2D eigenvalue weighted by Gasteiger charge is 2.20. The van der Waals surface area contributed by atoms with Crippen molar-refractivity contribution in [1.82, 2.24) is 4.90 Å². The van der Waals surface area contributed by atoms with E-state index in [0.717, 1.165) is 11.1 Å². The molecule has 0 heterocycles. The van der Waals surface area contributed by atoms with Crippen LogP contribution in [0, 0.1) is 24.0 Å². The molecule has 1 N–H and O–H groups in total. The van der Waals surface area contributed by atoms with Gasteiger partial charge in [0.1, 0.15) is 0 Å². The van der Waals surface area contributed by atoms with Crippen LogP contribution in [-0.4, -0.2) is 41.3 Å². The normalized spacial score (nSPS) is 10.3. The Morgan fingerprint density at radius 1 is 1.17 bits per heavy atom. The second-order valence-electron chi connectivity index (χ2n) is 6.70. The standard InChI is InChI=1S/C21H25N3O5/c1-4-11-23(13-20(25)22-17-8-6-5-7-16(17)3)21(26)14-29-19-12-15(2)9-10-18(19)24(27)28/h5-10,12H,4,11,13-14H2,1-3H3,(H,22,25). The topological polar surface area (TPSA) is 102 Å². The molecule has 0 fully saturated rings. The lowest BCUT2D eigenvalue weighted by atomic mass is 10.2. The molecule has 0 aromatic heterocycles. The molecule has 2 aromatic rings. The molecule has 0 aliphatic heterocycles. The number of ether oxygens (including phenoxy) is 1. The van der Waals surface area contributed by atoms with Gasteiger partial charge in [0.05, 0.1) is 11.5 Å². The van der Waals surface area contributed by atoms with Crippen molar-refractivity contribution in [3.63, 3.8) is 0 Å². The van der Waals surface area contributed by atoms with Gasteiger partial charge in [-0.2, -0.15) is 0 Å². The molecule has 2 amide bonds. The van der Waals surface area contributed by atoms with Crippen LogP contribution in [0.15, 0.2) is 42.5 Å². The Hall–Kier alpha value is -3.42. The van der Waals surface area contributed by atoms with Crippen molar-refractivity contribution in [2.24, 2.45) is 0 Å². The number of hydrogen-bond acceptors (Lipinski definition) is 5. The number of nitro benzene ring substituents is 1. The number of carbonyl (C=O) groups is 2. The number of amides is 2. The number of benzene rings is 2. The average Bonchev–Trinajstić information content (AvgIpc) is 2.67. The van der Waals surface area contributed by atoms with Crippen LogP contribution in [0.4, 0.5) is 11.4 Å². The zero-order chi connectivity index (χ0) is 21.4. The van der Waals surface area contributed by atoms with Crippen LogP contribution in [-0.2, 0) is 9.59 Å². The number of nitrogens with one attached hydrogen (secondary N) is 1. The van der Waals surface area contributed by atoms with E-state index < -0.39 is 10.8 Å². The van der Waals surface area contributed by atoms with Crippen molar-refractivity contribution in [3.8, 4) is 5.75 Å². The van der Waals surface area contributed by atoms with Crippen molar-refractivity contribution >= 4 is 23.2 Å². The molecule has 0 bridgehead atoms. The lowest BCUT2D eigenvalue weighted by molar-refractivity contribution is -0.385. The predicted octanol–water partition coefficient (Wildman–Crippen LogP) is 3.47. The minimum absolute atomic E-state index is 0.0316. The van der Waals surface area contributed by atoms with Crippen LogP contribution < -0.4 is 10.1 Å². The van der Waals surface area contributed by atoms with Crippen LogP contribution >= 0.6 is 0 Å². The fourth-order valence-corrected chi connectivity index (χ4v) is 2.76. The van der Waals surface area contributed by atoms with E-state index >= 15 is 0 Å². The summed E-state index contributed by atoms with van der Waals surface area (Å²) in [6.45, 7) is 5.41. The monoisotopic (exact) mass is 399 g/mol. The number of aryl methyl sites for hydroxylation is 2. The second kappa shape index (κ2) is 10.2. The smallest absolute Gasteiger partial charge is 0.310 e. The molecule has 2 rings (SSSR count). The first-order valence-electron chi connectivity index (χ1n) is 9.33. The fourth-order valence-electron chi connectivity index (χ4n) is 2.76. The average molecular weight is 399 g/mol. The van der Waals surface area contributed by atoms with E-state index in [1.165, 1.54) is 17.0 Å². The van der Waals surface area contributed by atoms with Gasteiger partial charge in [0.2, 0.25) is 5.91 Å². The first-order chi connectivity index (χ1) is 13.8. The van der Waals surface area contributed by atoms with Crippen molar-refractivity contribution < 1.29 is 19.2 Å². The Bertz CT molecular complexity index is 898. The molecule has 0 radical (unpaired) electrons. The van der Waals surface area contributed by atoms with Crippen LogP contribution in [0.3, 0.4) is 0 Å². The van der Waals surface area contributed by atoms with Crippen molar-refractivity contribution in [3.05, 3.63) is 63.7 Å². The Balaban J connectivity index is 2.02. The molecule has 0 saturated heterocycles. The zero-order valence-corrected chi connectivity index (χ0v) is 16.8. The summed E-state index contributed by atoms with van der Waals surface area (Å²) in [5, 5.41) is 13.9. The maximum Gasteiger partial charge on any atom is 0.310 e. The Morgan fingerprint density at radius 2 is 1.90 bits per heavy atom. The maximum atomic E-state index is 12.6. The predicted molar refractivity (Wildman–Crippen MR) is 110 cm³/mol. The van der Waals surface area contributed by atoms with Gasteiger partial charge in [-0.25, -0.2) is 0 Å². The number of anilines is 1. The Kier molecular flexibility index (Phi) is 7.70. The second-order valence-corrected chi connectivity index (χ2v) is 6.70. The van der Waals surface area contributed by atoms with Gasteiger partial charge in [-0.1, -0.05) is 31.2 Å². The third-order valence-corrected chi connectivity index (χ3v) is 4.26. The Labute approximate surface area is 169 Å². The van der Waals surface area contributed by atoms with E-state index in [1.807, 2.05) is 32.0 Å². The number of hydrogen-bond donors (Lipinski definition) is 1. The van der Waals surface area contributed by atoms with Crippen LogP contribution in [0.5, 0.6) is 5.75 Å². The van der Waals surface area contributed by atoms with Crippen molar-refractivity contribution in [2.75, 3.05) is 25.0 Å². The quantitative estimate of drug-likeness (QED) is 0.514. The first kappa shape index (κ1) is 21.9. The lowest BCUT2D eigenvalue weighted by Gasteiger charge is -2.22. The molecule has 0 spiro atoms. The van der Waals surface area contributed by atoms with E-state index in [9.17, 15) is 19.7 Å². The van der Waals surface area contributed by atoms with Gasteiger partial charge in [0.15, 0.2) is 12.4 Å². The van der Waals surface area contributed by atoms with Gasteiger partial charge in [0, 0.05) is 18.3 Å². The summed E-state index contributed by atoms with van der Waals surface area (Å²) in [5.74, 6) is -0.700. The van der Waals surface area contributed by atoms with Crippen LogP contribution in [0.1, 0.15) is 24.5 Å². The largest absolute Gasteiger partial charge is 0.477 e. The minimum Gasteiger partial charge on any atom is -0.477 e. The highest BCUT2D eigenvalue weighted by atomic mass is 16.6. The zero-order valence-electron chi connectivity index (χ0n) is 16.8. The number of carbonyl (C=O) groups excluding carboxylic acids is 2. The summed E-state index contributed by atoms with van der Waals surface area (Å²) in [7, 11) is 0. The van der Waals surface area contributed by atoms with E-state index in [2.05, 4.69) is 5.32 Å². The summed E-state index contributed by atoms with van der Waals surface area (Å²) in [4.78, 5) is 36.9. The van der Waals surface area contributed by atoms with Crippen LogP contribution in [0.25, 0.3) is 0 Å². The van der Waals surface area contributed by atoms with Gasteiger partial charge in [-0.3, -0.25) is 19.7 Å². The molecule has 29 heavy (non-hydrogen) atoms. The summed E-state index contributed by atoms with van der Waals surface area (Å²) < 4.78 is 5.42. The van der Waals surface area contributed by atoms with Gasteiger partial charge < -0.3 is 15.0 Å². The van der Waals surface area contributed by atoms with Crippen LogP contribution in [0.2, 0.25) is 0 Å². The summed E-state index contributed by atoms with van der Waals surface area (Å²) in [6.07, 6.45) is 0.661. The molecule has 0 unspecified atom stereocenters. The first-order valence-corrected chi connectivity index (χ1v) is 9.33. The van der Waals surface area contributed by atoms with E-state index in [-0.39, 0.29) is 30.5 Å². The van der Waals surface area contributed by atoms with E-state index in [1.54, 1.807) is 19.1 Å². The molecule has 0 atom stereocenters. The van der Waals surface area contributed by atoms with Gasteiger partial charge in [-0.15, -0.1) is 0 Å². The lowest BCUT2D eigenvalue weighted by Crippen LogP contribution is -2.41. The van der Waals surface area contributed by atoms with E-state index in [4.69, 9.17) is 4.74 Å². The molecular formula is C21H25N3O5. The summed E-state index contributed by atoms with van der Waals surface area (Å²) in [5.41, 5.74) is 2.18. The molecule has 0 saturated carbocycles. The molecule has 0 aliphatic carbocycles. The molecule has 2 aromatic carbocycles. The molecule has 0 aliphatic rings. The highest BCUT2D eigenvalue weighted by molar-refractivity contribution is 5.95. The van der Waals surface area contributed by atoms with Crippen molar-refractivity contribution in [1.29, 1.82) is 0 Å². The minimum atomic E-state index is -0.557.